The first-order valence-corrected chi connectivity index (χ1v) is 9.71. The van der Waals surface area contributed by atoms with Gasteiger partial charge in [-0.15, -0.1) is 11.3 Å². The monoisotopic (exact) mass is 321 g/mol. The van der Waals surface area contributed by atoms with Crippen molar-refractivity contribution in [2.75, 3.05) is 25.4 Å². The molecule has 21 heavy (non-hydrogen) atoms. The lowest BCUT2D eigenvalue weighted by molar-refractivity contribution is 0.221. The molecule has 114 valence electrons. The summed E-state index contributed by atoms with van der Waals surface area (Å²) in [6, 6.07) is 6.70. The minimum atomic E-state index is 0.754. The molecule has 0 bridgehead atoms. The van der Waals surface area contributed by atoms with E-state index in [-0.39, 0.29) is 0 Å². The lowest BCUT2D eigenvalue weighted by Gasteiger charge is -2.25. The number of nitrogens with zero attached hydrogens (tertiary/aromatic N) is 2. The van der Waals surface area contributed by atoms with Gasteiger partial charge in [0.2, 0.25) is 0 Å². The van der Waals surface area contributed by atoms with Crippen molar-refractivity contribution in [2.45, 2.75) is 31.6 Å². The van der Waals surface area contributed by atoms with Gasteiger partial charge in [0.25, 0.3) is 0 Å². The van der Waals surface area contributed by atoms with Gasteiger partial charge in [-0.1, -0.05) is 12.5 Å². The molecule has 1 aliphatic heterocycles. The van der Waals surface area contributed by atoms with Crippen LogP contribution in [0.4, 0.5) is 0 Å². The molecule has 1 aliphatic rings. The van der Waals surface area contributed by atoms with E-state index in [1.54, 1.807) is 0 Å². The number of rotatable bonds is 6. The van der Waals surface area contributed by atoms with Crippen molar-refractivity contribution in [1.29, 1.82) is 0 Å². The van der Waals surface area contributed by atoms with Crippen molar-refractivity contribution in [1.82, 2.24) is 9.88 Å². The first-order chi connectivity index (χ1) is 10.3. The normalized spacial score (nSPS) is 16.6. The van der Waals surface area contributed by atoms with E-state index in [9.17, 15) is 0 Å². The summed E-state index contributed by atoms with van der Waals surface area (Å²) in [6.45, 7) is 4.24. The third-order valence-corrected chi connectivity index (χ3v) is 5.92. The average Bonchev–Trinajstić information content (AvgIpc) is 2.90. The molecule has 1 aromatic heterocycles. The fraction of sp³-hybridized carbons (Fsp3) is 0.562. The van der Waals surface area contributed by atoms with E-state index < -0.39 is 0 Å². The Morgan fingerprint density at radius 3 is 2.90 bits per heavy atom. The van der Waals surface area contributed by atoms with Crippen LogP contribution in [0, 0.1) is 0 Å². The van der Waals surface area contributed by atoms with Gasteiger partial charge in [-0.05, 0) is 43.6 Å². The number of aromatic nitrogens is 1. The maximum absolute atomic E-state index is 5.54. The van der Waals surface area contributed by atoms with Gasteiger partial charge in [0.05, 0.1) is 16.8 Å². The summed E-state index contributed by atoms with van der Waals surface area (Å²) in [4.78, 5) is 7.38. The predicted molar refractivity (Wildman–Crippen MR) is 94.0 cm³/mol. The van der Waals surface area contributed by atoms with Crippen LogP contribution >= 0.6 is 23.1 Å². The number of hydrogen-bond acceptors (Lipinski definition) is 5. The van der Waals surface area contributed by atoms with Crippen LogP contribution in [0.2, 0.25) is 0 Å². The van der Waals surface area contributed by atoms with Gasteiger partial charge in [0, 0.05) is 18.1 Å². The number of likely N-dealkylation sites (tertiary alicyclic amines) is 1. The highest BCUT2D eigenvalue weighted by atomic mass is 32.2. The third-order valence-electron chi connectivity index (χ3n) is 3.83. The van der Waals surface area contributed by atoms with Gasteiger partial charge in [0.15, 0.2) is 0 Å². The second kappa shape index (κ2) is 7.58. The fourth-order valence-corrected chi connectivity index (χ4v) is 4.48. The van der Waals surface area contributed by atoms with E-state index in [2.05, 4.69) is 23.1 Å². The Morgan fingerprint density at radius 2 is 2.10 bits per heavy atom. The summed E-state index contributed by atoms with van der Waals surface area (Å²) in [5, 5.41) is 1.26. The number of thiazole rings is 1. The van der Waals surface area contributed by atoms with Crippen molar-refractivity contribution < 1.29 is 0 Å². The molecule has 0 radical (unpaired) electrons. The van der Waals surface area contributed by atoms with Crippen LogP contribution in [0.15, 0.2) is 18.2 Å². The molecule has 0 aliphatic carbocycles. The van der Waals surface area contributed by atoms with Crippen LogP contribution < -0.4 is 5.73 Å². The van der Waals surface area contributed by atoms with Crippen LogP contribution in [0.1, 0.15) is 29.8 Å². The average molecular weight is 322 g/mol. The summed E-state index contributed by atoms with van der Waals surface area (Å²) in [7, 11) is 0. The van der Waals surface area contributed by atoms with E-state index in [0.29, 0.717) is 0 Å². The molecule has 0 atom stereocenters. The Morgan fingerprint density at radius 1 is 1.24 bits per heavy atom. The lowest BCUT2D eigenvalue weighted by atomic mass is 10.1. The molecule has 0 spiro atoms. The lowest BCUT2D eigenvalue weighted by Crippen LogP contribution is -2.28. The van der Waals surface area contributed by atoms with Gasteiger partial charge in [-0.3, -0.25) is 4.90 Å². The minimum absolute atomic E-state index is 0.754. The molecule has 2 heterocycles. The van der Waals surface area contributed by atoms with Crippen LogP contribution in [0.5, 0.6) is 0 Å². The number of fused-ring (bicyclic) bond motifs is 1. The van der Waals surface area contributed by atoms with Gasteiger partial charge in [-0.25, -0.2) is 4.98 Å². The number of hydrogen-bond donors (Lipinski definition) is 1. The quantitative estimate of drug-likeness (QED) is 0.827. The van der Waals surface area contributed by atoms with Gasteiger partial charge in [-0.2, -0.15) is 11.8 Å². The van der Waals surface area contributed by atoms with Crippen molar-refractivity contribution in [3.63, 3.8) is 0 Å². The molecular formula is C16H23N3S2. The predicted octanol–water partition coefficient (Wildman–Crippen LogP) is 3.47. The van der Waals surface area contributed by atoms with Crippen LogP contribution in [-0.4, -0.2) is 35.3 Å². The van der Waals surface area contributed by atoms with Crippen LogP contribution in [-0.2, 0) is 12.3 Å². The standard InChI is InChI=1S/C16H23N3S2/c17-6-9-20-12-13-4-5-15-14(10-13)18-16(21-15)11-19-7-2-1-3-8-19/h4-5,10H,1-3,6-9,11-12,17H2. The first-order valence-electron chi connectivity index (χ1n) is 7.73. The van der Waals surface area contributed by atoms with Crippen LogP contribution in [0.3, 0.4) is 0 Å². The molecular weight excluding hydrogens is 298 g/mol. The van der Waals surface area contributed by atoms with E-state index in [4.69, 9.17) is 10.7 Å². The topological polar surface area (TPSA) is 42.1 Å². The maximum Gasteiger partial charge on any atom is 0.108 e. The van der Waals surface area contributed by atoms with E-state index in [0.717, 1.165) is 30.1 Å². The fourth-order valence-electron chi connectivity index (χ4n) is 2.76. The highest BCUT2D eigenvalue weighted by molar-refractivity contribution is 7.98. The second-order valence-electron chi connectivity index (χ2n) is 5.59. The second-order valence-corrected chi connectivity index (χ2v) is 7.81. The molecule has 2 N–H and O–H groups in total. The zero-order chi connectivity index (χ0) is 14.5. The molecule has 0 amide bonds. The van der Waals surface area contributed by atoms with E-state index in [1.807, 2.05) is 23.1 Å². The van der Waals surface area contributed by atoms with E-state index in [1.165, 1.54) is 47.6 Å². The Kier molecular flexibility index (Phi) is 5.52. The maximum atomic E-state index is 5.54. The number of benzene rings is 1. The molecule has 2 aromatic rings. The summed E-state index contributed by atoms with van der Waals surface area (Å²) in [6.07, 6.45) is 4.07. The molecule has 3 nitrogen and oxygen atoms in total. The number of nitrogens with two attached hydrogens (primary N) is 1. The first kappa shape index (κ1) is 15.3. The zero-order valence-corrected chi connectivity index (χ0v) is 14.0. The van der Waals surface area contributed by atoms with Gasteiger partial charge in [0.1, 0.15) is 5.01 Å². The largest absolute Gasteiger partial charge is 0.330 e. The van der Waals surface area contributed by atoms with Gasteiger partial charge >= 0.3 is 0 Å². The smallest absolute Gasteiger partial charge is 0.108 e. The highest BCUT2D eigenvalue weighted by Gasteiger charge is 2.13. The molecule has 1 fully saturated rings. The van der Waals surface area contributed by atoms with Crippen molar-refractivity contribution in [2.24, 2.45) is 5.73 Å². The number of piperidine rings is 1. The Bertz CT molecular complexity index is 576. The summed E-state index contributed by atoms with van der Waals surface area (Å²) in [5.41, 5.74) is 8.06. The number of thioether (sulfide) groups is 1. The summed E-state index contributed by atoms with van der Waals surface area (Å²) >= 11 is 3.74. The minimum Gasteiger partial charge on any atom is -0.330 e. The molecule has 3 rings (SSSR count). The van der Waals surface area contributed by atoms with Gasteiger partial charge < -0.3 is 5.73 Å². The SMILES string of the molecule is NCCSCc1ccc2sc(CN3CCCCC3)nc2c1. The third kappa shape index (κ3) is 4.19. The van der Waals surface area contributed by atoms with E-state index >= 15 is 0 Å². The molecule has 1 aromatic carbocycles. The Hall–Kier alpha value is -0.620. The van der Waals surface area contributed by atoms with Crippen molar-refractivity contribution >= 4 is 33.3 Å². The van der Waals surface area contributed by atoms with Crippen LogP contribution in [0.25, 0.3) is 10.2 Å². The van der Waals surface area contributed by atoms with Crippen molar-refractivity contribution in [3.8, 4) is 0 Å². The molecule has 1 saturated heterocycles. The Labute approximate surface area is 134 Å². The van der Waals surface area contributed by atoms with Crippen molar-refractivity contribution in [3.05, 3.63) is 28.8 Å². The Balaban J connectivity index is 1.67. The summed E-state index contributed by atoms with van der Waals surface area (Å²) in [5.74, 6) is 2.06. The molecule has 5 heteroatoms. The molecule has 0 unspecified atom stereocenters. The summed E-state index contributed by atoms with van der Waals surface area (Å²) < 4.78 is 1.31. The zero-order valence-electron chi connectivity index (χ0n) is 12.4. The molecule has 0 saturated carbocycles. The highest BCUT2D eigenvalue weighted by Crippen LogP contribution is 2.26.